The molecule has 4 heteroatoms. The molecule has 0 aliphatic rings. The van der Waals surface area contributed by atoms with Crippen LogP contribution in [0.5, 0.6) is 0 Å². The molecule has 0 aliphatic heterocycles. The fourth-order valence-corrected chi connectivity index (χ4v) is 0. The van der Waals surface area contributed by atoms with Gasteiger partial charge in [-0.3, -0.25) is 0 Å². The van der Waals surface area contributed by atoms with Crippen LogP contribution in [0.25, 0.3) is 5.73 Å². The molecule has 0 unspecified atom stereocenters. The summed E-state index contributed by atoms with van der Waals surface area (Å²) in [5.74, 6) is -0.583. The van der Waals surface area contributed by atoms with Crippen molar-refractivity contribution in [2.45, 2.75) is 0 Å². The normalized spacial score (nSPS) is 4.80. The van der Waals surface area contributed by atoms with Crippen molar-refractivity contribution in [3.05, 3.63) is 5.73 Å². The van der Waals surface area contributed by atoms with E-state index < -0.39 is 5.96 Å². The van der Waals surface area contributed by atoms with E-state index in [0.29, 0.717) is 0 Å². The fourth-order valence-electron chi connectivity index (χ4n) is 0. The molecule has 0 radical (unpaired) electrons. The summed E-state index contributed by atoms with van der Waals surface area (Å²) < 4.78 is 0. The van der Waals surface area contributed by atoms with E-state index in [1.54, 1.807) is 0 Å². The van der Waals surface area contributed by atoms with Crippen LogP contribution in [0.3, 0.4) is 0 Å². The molecule has 34 valence electrons. The van der Waals surface area contributed by atoms with Gasteiger partial charge >= 0.3 is 0 Å². The van der Waals surface area contributed by atoms with Crippen LogP contribution in [0.2, 0.25) is 0 Å². The zero-order chi connectivity index (χ0) is 3.58. The number of hydrogen-bond acceptors (Lipinski definition) is 1. The maximum absolute atomic E-state index is 5.94. The third kappa shape index (κ3) is 209. The molecule has 5 heavy (non-hydrogen) atoms. The van der Waals surface area contributed by atoms with Crippen molar-refractivity contribution < 1.29 is 16.5 Å². The Morgan fingerprint density at radius 2 is 1.80 bits per heavy atom. The molecule has 0 saturated carbocycles. The Bertz CT molecular complexity index is 29.9. The van der Waals surface area contributed by atoms with Gasteiger partial charge in [0.1, 0.15) is 0 Å². The molecule has 0 aromatic heterocycles. The van der Waals surface area contributed by atoms with Gasteiger partial charge in [-0.05, 0) is 5.96 Å². The Kier molecular flexibility index (Phi) is 6.65. The topological polar surface area (TPSA) is 73.7 Å². The molecule has 0 fully saturated rings. The van der Waals surface area contributed by atoms with E-state index in [2.05, 4.69) is 5.73 Å². The maximum Gasteiger partial charge on any atom is 0 e. The molecule has 0 bridgehead atoms. The van der Waals surface area contributed by atoms with Crippen molar-refractivity contribution in [2.75, 3.05) is 0 Å². The Hall–Kier alpha value is -0.236. The monoisotopic (exact) mass is 116 g/mol. The molecule has 4 N–H and O–H groups in total. The van der Waals surface area contributed by atoms with Gasteiger partial charge in [0.2, 0.25) is 0 Å². The Labute approximate surface area is 40.2 Å². The summed E-state index contributed by atoms with van der Waals surface area (Å²) >= 11 is 0. The van der Waals surface area contributed by atoms with Gasteiger partial charge in [-0.15, -0.1) is 0 Å². The first-order valence-electron chi connectivity index (χ1n) is 0.789. The number of rotatable bonds is 0. The smallest absolute Gasteiger partial charge is 0 e. The molecule has 0 rings (SSSR count). The third-order valence-corrected chi connectivity index (χ3v) is 0. The summed E-state index contributed by atoms with van der Waals surface area (Å²) in [4.78, 5) is 0. The van der Waals surface area contributed by atoms with E-state index in [-0.39, 0.29) is 16.5 Å². The maximum atomic E-state index is 5.94. The molecule has 0 aromatic carbocycles. The third-order valence-electron chi connectivity index (χ3n) is 0. The van der Waals surface area contributed by atoms with Gasteiger partial charge in [0.25, 0.3) is 0 Å². The molecule has 0 heterocycles. The quantitative estimate of drug-likeness (QED) is 0.260. The van der Waals surface area contributed by atoms with Crippen LogP contribution in [-0.4, -0.2) is 5.96 Å². The van der Waals surface area contributed by atoms with Crippen molar-refractivity contribution in [1.82, 2.24) is 0 Å². The SMILES string of the molecule is N=C([NH-])N.[Ni]. The molecular formula is CH4N3Ni-. The summed E-state index contributed by atoms with van der Waals surface area (Å²) in [6.45, 7) is 0. The summed E-state index contributed by atoms with van der Waals surface area (Å²) in [6.07, 6.45) is 0. The van der Waals surface area contributed by atoms with Gasteiger partial charge < -0.3 is 16.9 Å². The van der Waals surface area contributed by atoms with Crippen LogP contribution >= 0.6 is 0 Å². The minimum Gasteiger partial charge on any atom is -0.454 e. The summed E-state index contributed by atoms with van der Waals surface area (Å²) in [5, 5.41) is 5.94. The molecule has 0 aliphatic carbocycles. The molecule has 0 atom stereocenters. The second kappa shape index (κ2) is 3.76. The van der Waals surface area contributed by atoms with E-state index in [1.807, 2.05) is 0 Å². The first-order valence-corrected chi connectivity index (χ1v) is 0.789. The predicted octanol–water partition coefficient (Wildman–Crippen LogP) is -0.0704. The second-order valence-electron chi connectivity index (χ2n) is 0.414. The first kappa shape index (κ1) is 8.83. The van der Waals surface area contributed by atoms with Gasteiger partial charge in [0.05, 0.1) is 0 Å². The largest absolute Gasteiger partial charge is 0.454 e. The van der Waals surface area contributed by atoms with Crippen molar-refractivity contribution in [1.29, 1.82) is 5.41 Å². The molecule has 0 saturated heterocycles. The zero-order valence-corrected chi connectivity index (χ0v) is 3.38. The van der Waals surface area contributed by atoms with Crippen molar-refractivity contribution in [2.24, 2.45) is 5.73 Å². The summed E-state index contributed by atoms with van der Waals surface area (Å²) in [5.41, 5.74) is 10.3. The average molecular weight is 117 g/mol. The predicted molar refractivity (Wildman–Crippen MR) is 16.2 cm³/mol. The van der Waals surface area contributed by atoms with Crippen LogP contribution in [-0.2, 0) is 16.5 Å². The van der Waals surface area contributed by atoms with Crippen molar-refractivity contribution in [3.63, 3.8) is 0 Å². The van der Waals surface area contributed by atoms with Crippen molar-refractivity contribution in [3.8, 4) is 0 Å². The number of hydrogen-bond donors (Lipinski definition) is 2. The average Bonchev–Trinajstić information content (AvgIpc) is 0.811. The Morgan fingerprint density at radius 1 is 1.80 bits per heavy atom. The number of guanidine groups is 1. The van der Waals surface area contributed by atoms with Gasteiger partial charge in [-0.2, -0.15) is 0 Å². The van der Waals surface area contributed by atoms with Crippen LogP contribution in [0.1, 0.15) is 0 Å². The van der Waals surface area contributed by atoms with Gasteiger partial charge in [0.15, 0.2) is 0 Å². The van der Waals surface area contributed by atoms with E-state index >= 15 is 0 Å². The molecule has 0 aromatic rings. The second-order valence-corrected chi connectivity index (χ2v) is 0.414. The fraction of sp³-hybridized carbons (Fsp3) is 0. The van der Waals surface area contributed by atoms with Gasteiger partial charge in [-0.25, -0.2) is 0 Å². The molecule has 3 nitrogen and oxygen atoms in total. The molecule has 0 amide bonds. The van der Waals surface area contributed by atoms with Gasteiger partial charge in [0, 0.05) is 16.5 Å². The van der Waals surface area contributed by atoms with E-state index in [0.717, 1.165) is 0 Å². The summed E-state index contributed by atoms with van der Waals surface area (Å²) in [7, 11) is 0. The van der Waals surface area contributed by atoms with Gasteiger partial charge in [-0.1, -0.05) is 0 Å². The molecule has 0 spiro atoms. The Balaban J connectivity index is 0. The van der Waals surface area contributed by atoms with Crippen LogP contribution in [0.4, 0.5) is 0 Å². The summed E-state index contributed by atoms with van der Waals surface area (Å²) in [6, 6.07) is 0. The van der Waals surface area contributed by atoms with E-state index in [4.69, 9.17) is 11.1 Å². The first-order chi connectivity index (χ1) is 1.73. The molecular weight excluding hydrogens is 113 g/mol. The Morgan fingerprint density at radius 3 is 1.80 bits per heavy atom. The van der Waals surface area contributed by atoms with Crippen LogP contribution in [0.15, 0.2) is 0 Å². The standard InChI is InChI=1S/CH4N3.Ni/c2-1(3)4;/h(H4-,2,3,4);/q-1;. The minimum atomic E-state index is -0.583. The van der Waals surface area contributed by atoms with Crippen LogP contribution < -0.4 is 5.73 Å². The van der Waals surface area contributed by atoms with E-state index in [1.165, 1.54) is 0 Å². The van der Waals surface area contributed by atoms with Crippen molar-refractivity contribution >= 4 is 5.96 Å². The minimum absolute atomic E-state index is 0. The zero-order valence-electron chi connectivity index (χ0n) is 2.39. The number of nitrogens with two attached hydrogens (primary N) is 1. The van der Waals surface area contributed by atoms with Crippen LogP contribution in [0, 0.1) is 5.41 Å². The number of nitrogens with one attached hydrogen (secondary N) is 2. The van der Waals surface area contributed by atoms with E-state index in [9.17, 15) is 0 Å².